The summed E-state index contributed by atoms with van der Waals surface area (Å²) >= 11 is 0. The molecule has 0 aromatic heterocycles. The van der Waals surface area contributed by atoms with E-state index in [1.807, 2.05) is 0 Å². The molecule has 0 spiro atoms. The van der Waals surface area contributed by atoms with Gasteiger partial charge >= 0.3 is 5.97 Å². The van der Waals surface area contributed by atoms with Gasteiger partial charge in [-0.3, -0.25) is 4.79 Å². The summed E-state index contributed by atoms with van der Waals surface area (Å²) < 4.78 is 0. The van der Waals surface area contributed by atoms with Gasteiger partial charge in [0, 0.05) is 12.5 Å². The van der Waals surface area contributed by atoms with Crippen molar-refractivity contribution in [3.8, 4) is 0 Å². The van der Waals surface area contributed by atoms with Crippen LogP contribution in [0, 0.1) is 5.92 Å². The van der Waals surface area contributed by atoms with Gasteiger partial charge in [0.25, 0.3) is 0 Å². The van der Waals surface area contributed by atoms with Gasteiger partial charge in [0.2, 0.25) is 0 Å². The Bertz CT molecular complexity index is 206. The van der Waals surface area contributed by atoms with Crippen LogP contribution in [0.25, 0.3) is 0 Å². The van der Waals surface area contributed by atoms with Crippen LogP contribution in [0.1, 0.15) is 19.3 Å². The van der Waals surface area contributed by atoms with Crippen LogP contribution in [0.4, 0.5) is 0 Å². The summed E-state index contributed by atoms with van der Waals surface area (Å²) in [6.07, 6.45) is 2.76. The van der Waals surface area contributed by atoms with Crippen molar-refractivity contribution in [1.82, 2.24) is 10.6 Å². The zero-order valence-electron chi connectivity index (χ0n) is 7.68. The number of aliphatic carboxylic acids is 1. The maximum Gasteiger partial charge on any atom is 0.324 e. The second-order valence-corrected chi connectivity index (χ2v) is 4.00. The summed E-state index contributed by atoms with van der Waals surface area (Å²) in [4.78, 5) is 11.2. The van der Waals surface area contributed by atoms with Crippen LogP contribution in [0.15, 0.2) is 0 Å². The summed E-state index contributed by atoms with van der Waals surface area (Å²) in [5.74, 6) is -0.397. The maximum absolute atomic E-state index is 11.2. The second kappa shape index (κ2) is 3.27. The van der Waals surface area contributed by atoms with Crippen LogP contribution in [0.5, 0.6) is 0 Å². The van der Waals surface area contributed by atoms with Gasteiger partial charge < -0.3 is 15.7 Å². The first-order chi connectivity index (χ1) is 6.26. The van der Waals surface area contributed by atoms with Crippen molar-refractivity contribution >= 4 is 5.97 Å². The Labute approximate surface area is 77.7 Å². The molecule has 0 aromatic carbocycles. The molecule has 2 saturated heterocycles. The molecule has 74 valence electrons. The summed E-state index contributed by atoms with van der Waals surface area (Å²) in [6, 6.07) is 0. The highest BCUT2D eigenvalue weighted by Gasteiger charge is 2.48. The lowest BCUT2D eigenvalue weighted by atomic mass is 9.82. The Morgan fingerprint density at radius 1 is 1.46 bits per heavy atom. The lowest BCUT2D eigenvalue weighted by Crippen LogP contribution is -2.54. The number of carboxylic acids is 1. The normalized spacial score (nSPS) is 39.5. The molecule has 4 nitrogen and oxygen atoms in total. The number of carbonyl (C=O) groups is 1. The quantitative estimate of drug-likeness (QED) is 0.556. The maximum atomic E-state index is 11.2. The van der Waals surface area contributed by atoms with E-state index in [-0.39, 0.29) is 5.92 Å². The monoisotopic (exact) mass is 184 g/mol. The number of nitrogens with one attached hydrogen (secondary N) is 2. The van der Waals surface area contributed by atoms with E-state index in [2.05, 4.69) is 10.6 Å². The first kappa shape index (κ1) is 8.97. The van der Waals surface area contributed by atoms with E-state index in [1.165, 1.54) is 0 Å². The lowest BCUT2D eigenvalue weighted by molar-refractivity contribution is -0.146. The summed E-state index contributed by atoms with van der Waals surface area (Å²) in [5, 5.41) is 15.6. The van der Waals surface area contributed by atoms with Gasteiger partial charge in [0.15, 0.2) is 0 Å². The van der Waals surface area contributed by atoms with Gasteiger partial charge in [-0.15, -0.1) is 0 Å². The van der Waals surface area contributed by atoms with Crippen LogP contribution >= 0.6 is 0 Å². The molecular weight excluding hydrogens is 168 g/mol. The van der Waals surface area contributed by atoms with Gasteiger partial charge in [-0.25, -0.2) is 0 Å². The number of carboxylic acid groups (broad SMARTS) is 1. The van der Waals surface area contributed by atoms with Gasteiger partial charge in [0.05, 0.1) is 0 Å². The highest BCUT2D eigenvalue weighted by Crippen LogP contribution is 2.31. The van der Waals surface area contributed by atoms with Crippen molar-refractivity contribution in [3.05, 3.63) is 0 Å². The fourth-order valence-electron chi connectivity index (χ4n) is 2.55. The van der Waals surface area contributed by atoms with Crippen molar-refractivity contribution in [3.63, 3.8) is 0 Å². The fraction of sp³-hybridized carbons (Fsp3) is 0.889. The van der Waals surface area contributed by atoms with E-state index >= 15 is 0 Å². The first-order valence-electron chi connectivity index (χ1n) is 4.95. The molecule has 0 radical (unpaired) electrons. The van der Waals surface area contributed by atoms with E-state index in [4.69, 9.17) is 0 Å². The van der Waals surface area contributed by atoms with E-state index in [9.17, 15) is 9.90 Å². The van der Waals surface area contributed by atoms with Crippen molar-refractivity contribution in [2.24, 2.45) is 5.92 Å². The minimum atomic E-state index is -0.668. The van der Waals surface area contributed by atoms with Gasteiger partial charge in [-0.2, -0.15) is 0 Å². The van der Waals surface area contributed by atoms with Gasteiger partial charge in [-0.05, 0) is 32.4 Å². The third kappa shape index (κ3) is 1.34. The van der Waals surface area contributed by atoms with Crippen molar-refractivity contribution in [1.29, 1.82) is 0 Å². The van der Waals surface area contributed by atoms with Crippen molar-refractivity contribution in [2.75, 3.05) is 19.6 Å². The molecular formula is C9H16N2O2. The van der Waals surface area contributed by atoms with Crippen LogP contribution in [-0.2, 0) is 4.79 Å². The van der Waals surface area contributed by atoms with Crippen LogP contribution in [0.2, 0.25) is 0 Å². The molecule has 2 atom stereocenters. The molecule has 0 bridgehead atoms. The highest BCUT2D eigenvalue weighted by atomic mass is 16.4. The second-order valence-electron chi connectivity index (χ2n) is 4.00. The molecule has 2 aliphatic rings. The molecule has 2 unspecified atom stereocenters. The first-order valence-corrected chi connectivity index (χ1v) is 4.95. The van der Waals surface area contributed by atoms with Crippen molar-refractivity contribution < 1.29 is 9.90 Å². The molecule has 0 amide bonds. The molecule has 2 rings (SSSR count). The van der Waals surface area contributed by atoms with Crippen LogP contribution < -0.4 is 10.6 Å². The summed E-state index contributed by atoms with van der Waals surface area (Å²) in [6.45, 7) is 2.66. The van der Waals surface area contributed by atoms with Gasteiger partial charge in [-0.1, -0.05) is 0 Å². The SMILES string of the molecule is O=C(O)C1(C2CCNC2)CCCN1. The molecule has 0 saturated carbocycles. The molecule has 3 N–H and O–H groups in total. The zero-order chi connectivity index (χ0) is 9.31. The zero-order valence-corrected chi connectivity index (χ0v) is 7.68. The largest absolute Gasteiger partial charge is 0.480 e. The predicted octanol–water partition coefficient (Wildman–Crippen LogP) is -0.197. The Kier molecular flexibility index (Phi) is 2.26. The number of rotatable bonds is 2. The summed E-state index contributed by atoms with van der Waals surface area (Å²) in [5.41, 5.74) is -0.622. The smallest absolute Gasteiger partial charge is 0.324 e. The molecule has 0 aromatic rings. The Morgan fingerprint density at radius 3 is 2.77 bits per heavy atom. The predicted molar refractivity (Wildman–Crippen MR) is 48.6 cm³/mol. The van der Waals surface area contributed by atoms with Gasteiger partial charge in [0.1, 0.15) is 5.54 Å². The minimum absolute atomic E-state index is 0.271. The van der Waals surface area contributed by atoms with E-state index in [1.54, 1.807) is 0 Å². The molecule has 4 heteroatoms. The van der Waals surface area contributed by atoms with E-state index in [0.29, 0.717) is 0 Å². The Hall–Kier alpha value is -0.610. The molecule has 2 heterocycles. The minimum Gasteiger partial charge on any atom is -0.480 e. The van der Waals surface area contributed by atoms with Crippen LogP contribution in [-0.4, -0.2) is 36.2 Å². The summed E-state index contributed by atoms with van der Waals surface area (Å²) in [7, 11) is 0. The topological polar surface area (TPSA) is 61.4 Å². The Balaban J connectivity index is 2.16. The van der Waals surface area contributed by atoms with E-state index < -0.39 is 11.5 Å². The highest BCUT2D eigenvalue weighted by molar-refractivity contribution is 5.79. The van der Waals surface area contributed by atoms with E-state index in [0.717, 1.165) is 38.9 Å². The van der Waals surface area contributed by atoms with Crippen molar-refractivity contribution in [2.45, 2.75) is 24.8 Å². The molecule has 2 aliphatic heterocycles. The molecule has 13 heavy (non-hydrogen) atoms. The Morgan fingerprint density at radius 2 is 2.31 bits per heavy atom. The number of hydrogen-bond acceptors (Lipinski definition) is 3. The third-order valence-electron chi connectivity index (χ3n) is 3.33. The number of hydrogen-bond donors (Lipinski definition) is 3. The standard InChI is InChI=1S/C9H16N2O2/c12-8(13)9(3-1-4-11-9)7-2-5-10-6-7/h7,10-11H,1-6H2,(H,12,13). The van der Waals surface area contributed by atoms with Crippen LogP contribution in [0.3, 0.4) is 0 Å². The average molecular weight is 184 g/mol. The molecule has 0 aliphatic carbocycles. The third-order valence-corrected chi connectivity index (χ3v) is 3.33. The fourth-order valence-corrected chi connectivity index (χ4v) is 2.55. The lowest BCUT2D eigenvalue weighted by Gasteiger charge is -2.30. The molecule has 2 fully saturated rings. The average Bonchev–Trinajstić information content (AvgIpc) is 2.75.